The van der Waals surface area contributed by atoms with Crippen LogP contribution in [0.15, 0.2) is 36.4 Å². The molecule has 3 aromatic rings. The first-order chi connectivity index (χ1) is 17.6. The molecule has 3 heterocycles. The lowest BCUT2D eigenvalue weighted by molar-refractivity contribution is -0.143. The van der Waals surface area contributed by atoms with Gasteiger partial charge in [0, 0.05) is 37.7 Å². The highest BCUT2D eigenvalue weighted by molar-refractivity contribution is 7.18. The van der Waals surface area contributed by atoms with E-state index in [1.807, 2.05) is 0 Å². The predicted molar refractivity (Wildman–Crippen MR) is 135 cm³/mol. The van der Waals surface area contributed by atoms with Crippen LogP contribution in [0.2, 0.25) is 5.02 Å². The first-order valence-corrected chi connectivity index (χ1v) is 13.0. The van der Waals surface area contributed by atoms with E-state index < -0.39 is 23.6 Å². The lowest BCUT2D eigenvalue weighted by Gasteiger charge is -2.30. The number of halogens is 4. The third-order valence-corrected chi connectivity index (χ3v) is 8.13. The van der Waals surface area contributed by atoms with Gasteiger partial charge in [0.2, 0.25) is 5.91 Å². The summed E-state index contributed by atoms with van der Waals surface area (Å²) in [4.78, 5) is 44.8. The Kier molecular flexibility index (Phi) is 6.84. The zero-order chi connectivity index (χ0) is 26.3. The number of piperidine rings is 1. The van der Waals surface area contributed by atoms with Gasteiger partial charge in [-0.15, -0.1) is 11.3 Å². The van der Waals surface area contributed by atoms with Crippen LogP contribution >= 0.6 is 22.9 Å². The number of anilines is 2. The Morgan fingerprint density at radius 3 is 2.49 bits per heavy atom. The van der Waals surface area contributed by atoms with Gasteiger partial charge in [-0.25, -0.2) is 4.98 Å². The highest BCUT2D eigenvalue weighted by Crippen LogP contribution is 2.37. The predicted octanol–water partition coefficient (Wildman–Crippen LogP) is 5.44. The summed E-state index contributed by atoms with van der Waals surface area (Å²) in [7, 11) is 0. The van der Waals surface area contributed by atoms with Crippen LogP contribution in [0, 0.1) is 0 Å². The minimum absolute atomic E-state index is 0.00139. The molecule has 12 heteroatoms. The van der Waals surface area contributed by atoms with E-state index in [9.17, 15) is 27.6 Å². The summed E-state index contributed by atoms with van der Waals surface area (Å²) >= 11 is 7.67. The highest BCUT2D eigenvalue weighted by Gasteiger charge is 2.32. The van der Waals surface area contributed by atoms with Gasteiger partial charge in [0.05, 0.1) is 31.5 Å². The normalized spacial score (nSPS) is 17.0. The Balaban J connectivity index is 1.19. The van der Waals surface area contributed by atoms with Gasteiger partial charge in [0.15, 0.2) is 0 Å². The van der Waals surface area contributed by atoms with Crippen molar-refractivity contribution in [1.82, 2.24) is 9.88 Å². The number of benzene rings is 2. The van der Waals surface area contributed by atoms with Gasteiger partial charge in [0.1, 0.15) is 0 Å². The second-order valence-corrected chi connectivity index (χ2v) is 10.5. The molecule has 0 bridgehead atoms. The number of hydrogen-bond donors (Lipinski definition) is 1. The molecule has 2 fully saturated rings. The fourth-order valence-electron chi connectivity index (χ4n) is 4.66. The lowest BCUT2D eigenvalue weighted by atomic mass is 9.97. The number of thiazole rings is 1. The molecule has 194 valence electrons. The van der Waals surface area contributed by atoms with Gasteiger partial charge in [0.25, 0.3) is 0 Å². The Morgan fingerprint density at radius 1 is 1.08 bits per heavy atom. The summed E-state index contributed by atoms with van der Waals surface area (Å²) in [5, 5.41) is 3.61. The van der Waals surface area contributed by atoms with Crippen LogP contribution in [0.4, 0.5) is 24.5 Å². The fraction of sp³-hybridized carbons (Fsp3) is 0.360. The molecule has 0 aliphatic carbocycles. The third kappa shape index (κ3) is 5.28. The number of carbonyl (C=O) groups is 3. The second kappa shape index (κ2) is 9.94. The Morgan fingerprint density at radius 2 is 1.84 bits per heavy atom. The number of alkyl halides is 3. The molecule has 0 radical (unpaired) electrons. The van der Waals surface area contributed by atoms with E-state index in [4.69, 9.17) is 11.6 Å². The number of fused-ring (bicyclic) bond motifs is 1. The van der Waals surface area contributed by atoms with Crippen molar-refractivity contribution in [2.75, 3.05) is 29.9 Å². The van der Waals surface area contributed by atoms with E-state index in [1.165, 1.54) is 28.4 Å². The molecule has 0 spiro atoms. The van der Waals surface area contributed by atoms with Crippen LogP contribution in [0.1, 0.15) is 42.2 Å². The Bertz CT molecular complexity index is 1390. The molecule has 1 aromatic heterocycles. The number of hydrogen-bond acceptors (Lipinski definition) is 5. The zero-order valence-corrected chi connectivity index (χ0v) is 21.1. The Hall–Kier alpha value is -3.18. The fourth-order valence-corrected chi connectivity index (χ4v) is 6.06. The molecule has 0 saturated carbocycles. The van der Waals surface area contributed by atoms with Crippen molar-refractivity contribution in [2.45, 2.75) is 37.8 Å². The number of likely N-dealkylation sites (tertiary alicyclic amines) is 1. The highest BCUT2D eigenvalue weighted by atomic mass is 35.5. The van der Waals surface area contributed by atoms with Gasteiger partial charge < -0.3 is 15.1 Å². The van der Waals surface area contributed by atoms with Gasteiger partial charge >= 0.3 is 18.0 Å². The van der Waals surface area contributed by atoms with Gasteiger partial charge in [-0.1, -0.05) is 11.6 Å². The average Bonchev–Trinajstić information content (AvgIpc) is 3.49. The van der Waals surface area contributed by atoms with Crippen LogP contribution in [0.3, 0.4) is 0 Å². The number of rotatable bonds is 3. The Labute approximate surface area is 219 Å². The second-order valence-electron chi connectivity index (χ2n) is 9.07. The van der Waals surface area contributed by atoms with E-state index in [-0.39, 0.29) is 11.8 Å². The minimum atomic E-state index is -4.43. The number of carbonyl (C=O) groups excluding carboxylic acids is 3. The standard InChI is InChI=1S/C25H22ClF3N4O3S/c26-17-13-16(4-5-19(17)33-9-1-2-21(33)34)30-22(35)24(36)32-10-7-14(8-11-32)23-31-18-12-15(25(27,28)29)3-6-20(18)37-23/h3-6,12-14H,1-2,7-11H2,(H,30,35). The number of nitrogens with zero attached hydrogens (tertiary/aromatic N) is 3. The summed E-state index contributed by atoms with van der Waals surface area (Å²) in [6.07, 6.45) is -2.09. The third-order valence-electron chi connectivity index (χ3n) is 6.63. The molecule has 2 aliphatic rings. The van der Waals surface area contributed by atoms with E-state index in [0.717, 1.165) is 23.6 Å². The maximum absolute atomic E-state index is 13.0. The number of aromatic nitrogens is 1. The maximum atomic E-state index is 13.0. The van der Waals surface area contributed by atoms with E-state index in [2.05, 4.69) is 10.3 Å². The van der Waals surface area contributed by atoms with Crippen molar-refractivity contribution in [3.63, 3.8) is 0 Å². The quantitative estimate of drug-likeness (QED) is 0.440. The van der Waals surface area contributed by atoms with Crippen LogP contribution < -0.4 is 10.2 Å². The maximum Gasteiger partial charge on any atom is 0.416 e. The SMILES string of the molecule is O=C(Nc1ccc(N2CCCC2=O)c(Cl)c1)C(=O)N1CCC(c2nc3cc(C(F)(F)F)ccc3s2)CC1. The topological polar surface area (TPSA) is 82.6 Å². The lowest BCUT2D eigenvalue weighted by Crippen LogP contribution is -2.43. The van der Waals surface area contributed by atoms with Crippen molar-refractivity contribution < 1.29 is 27.6 Å². The van der Waals surface area contributed by atoms with E-state index in [1.54, 1.807) is 17.0 Å². The molecule has 7 nitrogen and oxygen atoms in total. The summed E-state index contributed by atoms with van der Waals surface area (Å²) in [5.74, 6) is -1.47. The van der Waals surface area contributed by atoms with Gasteiger partial charge in [-0.2, -0.15) is 13.2 Å². The molecule has 5 rings (SSSR count). The smallest absolute Gasteiger partial charge is 0.334 e. The number of amides is 3. The molecule has 2 aliphatic heterocycles. The molecule has 1 N–H and O–H groups in total. The van der Waals surface area contributed by atoms with Crippen LogP contribution in [0.25, 0.3) is 10.2 Å². The minimum Gasteiger partial charge on any atom is -0.334 e. The molecule has 2 aromatic carbocycles. The molecular formula is C25H22ClF3N4O3S. The van der Waals surface area contributed by atoms with Crippen molar-refractivity contribution in [3.8, 4) is 0 Å². The molecule has 0 unspecified atom stereocenters. The summed E-state index contributed by atoms with van der Waals surface area (Å²) in [6.45, 7) is 1.25. The summed E-state index contributed by atoms with van der Waals surface area (Å²) < 4.78 is 39.7. The molecule has 37 heavy (non-hydrogen) atoms. The van der Waals surface area contributed by atoms with Crippen LogP contribution in [-0.4, -0.2) is 47.2 Å². The first kappa shape index (κ1) is 25.5. The monoisotopic (exact) mass is 550 g/mol. The largest absolute Gasteiger partial charge is 0.416 e. The van der Waals surface area contributed by atoms with Gasteiger partial charge in [-0.3, -0.25) is 14.4 Å². The first-order valence-electron chi connectivity index (χ1n) is 11.8. The van der Waals surface area contributed by atoms with Crippen LogP contribution in [-0.2, 0) is 20.6 Å². The van der Waals surface area contributed by atoms with Crippen LogP contribution in [0.5, 0.6) is 0 Å². The molecule has 0 atom stereocenters. The molecule has 2 saturated heterocycles. The summed E-state index contributed by atoms with van der Waals surface area (Å²) in [6, 6.07) is 8.30. The van der Waals surface area contributed by atoms with Crippen molar-refractivity contribution in [1.29, 1.82) is 0 Å². The number of nitrogens with one attached hydrogen (secondary N) is 1. The van der Waals surface area contributed by atoms with E-state index >= 15 is 0 Å². The van der Waals surface area contributed by atoms with E-state index in [0.29, 0.717) is 65.5 Å². The van der Waals surface area contributed by atoms with Gasteiger partial charge in [-0.05, 0) is 55.7 Å². The summed E-state index contributed by atoms with van der Waals surface area (Å²) in [5.41, 5.74) is 0.497. The molecule has 3 amide bonds. The zero-order valence-electron chi connectivity index (χ0n) is 19.5. The van der Waals surface area contributed by atoms with Crippen molar-refractivity contribution >= 4 is 62.3 Å². The van der Waals surface area contributed by atoms with Crippen molar-refractivity contribution in [2.24, 2.45) is 0 Å². The van der Waals surface area contributed by atoms with Crippen molar-refractivity contribution in [3.05, 3.63) is 52.0 Å². The molecular weight excluding hydrogens is 529 g/mol. The average molecular weight is 551 g/mol.